The maximum absolute atomic E-state index is 13.7. The highest BCUT2D eigenvalue weighted by Gasteiger charge is 2.37. The maximum atomic E-state index is 13.7. The van der Waals surface area contributed by atoms with Crippen molar-refractivity contribution in [3.8, 4) is 5.75 Å². The first-order valence-corrected chi connectivity index (χ1v) is 9.73. The van der Waals surface area contributed by atoms with Crippen molar-refractivity contribution in [2.45, 2.75) is 5.37 Å². The van der Waals surface area contributed by atoms with Crippen LogP contribution in [0.25, 0.3) is 0 Å². The lowest BCUT2D eigenvalue weighted by Gasteiger charge is -2.24. The molecule has 154 valence electrons. The van der Waals surface area contributed by atoms with E-state index in [0.717, 1.165) is 6.26 Å². The number of rotatable bonds is 4. The summed E-state index contributed by atoms with van der Waals surface area (Å²) in [6.45, 7) is -0.0290. The Hall–Kier alpha value is -3.33. The third-order valence-corrected chi connectivity index (χ3v) is 5.66. The van der Waals surface area contributed by atoms with Gasteiger partial charge in [0.05, 0.1) is 12.7 Å². The number of carbonyl (C=O) groups excluding carboxylic acids is 1. The Kier molecular flexibility index (Phi) is 5.45. The smallest absolute Gasteiger partial charge is 0.274 e. The zero-order chi connectivity index (χ0) is 21.3. The molecule has 6 nitrogen and oxygen atoms in total. The number of carbonyl (C=O) groups is 1. The van der Waals surface area contributed by atoms with Crippen LogP contribution < -0.4 is 4.74 Å². The first-order valence-electron chi connectivity index (χ1n) is 8.86. The summed E-state index contributed by atoms with van der Waals surface area (Å²) in [6, 6.07) is 9.75. The number of hydrogen-bond acceptors (Lipinski definition) is 6. The van der Waals surface area contributed by atoms with Crippen molar-refractivity contribution < 1.29 is 28.2 Å². The summed E-state index contributed by atoms with van der Waals surface area (Å²) in [5.41, 5.74) is 1.36. The van der Waals surface area contributed by atoms with Crippen molar-refractivity contribution in [3.63, 3.8) is 0 Å². The molecule has 0 radical (unpaired) electrons. The summed E-state index contributed by atoms with van der Waals surface area (Å²) in [5, 5.41) is 15.2. The molecule has 4 rings (SSSR count). The van der Waals surface area contributed by atoms with E-state index in [2.05, 4.69) is 5.10 Å². The zero-order valence-corrected chi connectivity index (χ0v) is 16.5. The fourth-order valence-corrected chi connectivity index (χ4v) is 4.21. The number of methoxy groups -OCH3 is 1. The molecule has 1 N–H and O–H groups in total. The molecule has 1 amide bonds. The predicted molar refractivity (Wildman–Crippen MR) is 108 cm³/mol. The van der Waals surface area contributed by atoms with E-state index in [4.69, 9.17) is 9.47 Å². The van der Waals surface area contributed by atoms with E-state index in [0.29, 0.717) is 16.2 Å². The number of ether oxygens (including phenoxy) is 2. The van der Waals surface area contributed by atoms with Crippen molar-refractivity contribution in [1.82, 2.24) is 5.01 Å². The van der Waals surface area contributed by atoms with Crippen LogP contribution in [0, 0.1) is 11.6 Å². The summed E-state index contributed by atoms with van der Waals surface area (Å²) < 4.78 is 37.4. The lowest BCUT2D eigenvalue weighted by molar-refractivity contribution is -0.128. The van der Waals surface area contributed by atoms with Crippen LogP contribution >= 0.6 is 11.8 Å². The van der Waals surface area contributed by atoms with E-state index in [9.17, 15) is 18.7 Å². The second kappa shape index (κ2) is 8.19. The van der Waals surface area contributed by atoms with Gasteiger partial charge in [0.15, 0.2) is 5.76 Å². The van der Waals surface area contributed by atoms with Gasteiger partial charge < -0.3 is 14.6 Å². The number of hydrazone groups is 1. The molecule has 2 aliphatic heterocycles. The van der Waals surface area contributed by atoms with Gasteiger partial charge in [0.1, 0.15) is 40.7 Å². The molecule has 30 heavy (non-hydrogen) atoms. The Morgan fingerprint density at radius 3 is 2.67 bits per heavy atom. The Labute approximate surface area is 175 Å². The monoisotopic (exact) mass is 430 g/mol. The second-order valence-electron chi connectivity index (χ2n) is 6.44. The van der Waals surface area contributed by atoms with E-state index in [1.165, 1.54) is 60.3 Å². The number of halogens is 2. The predicted octanol–water partition coefficient (Wildman–Crippen LogP) is 4.27. The van der Waals surface area contributed by atoms with Crippen LogP contribution in [0.4, 0.5) is 8.78 Å². The Balaban J connectivity index is 1.75. The van der Waals surface area contributed by atoms with E-state index in [-0.39, 0.29) is 29.5 Å². The lowest BCUT2D eigenvalue weighted by atomic mass is 10.1. The number of benzene rings is 2. The third kappa shape index (κ3) is 3.88. The molecule has 0 aliphatic carbocycles. The molecule has 9 heteroatoms. The number of hydrogen-bond donors (Lipinski definition) is 1. The Morgan fingerprint density at radius 1 is 1.23 bits per heavy atom. The average molecular weight is 430 g/mol. The van der Waals surface area contributed by atoms with Crippen molar-refractivity contribution in [2.24, 2.45) is 5.10 Å². The first-order chi connectivity index (χ1) is 14.5. The molecule has 0 saturated heterocycles. The van der Waals surface area contributed by atoms with E-state index >= 15 is 0 Å². The normalized spacial score (nSPS) is 18.3. The van der Waals surface area contributed by atoms with Gasteiger partial charge in [0.2, 0.25) is 0 Å². The van der Waals surface area contributed by atoms with Gasteiger partial charge in [-0.2, -0.15) is 5.10 Å². The van der Waals surface area contributed by atoms with Crippen LogP contribution in [0.2, 0.25) is 0 Å². The SMILES string of the molecule is COc1cc(F)ccc1C1SC(c2ccc(F)cc2)=NN1C(=O)C1=CC(O)=COC1. The van der Waals surface area contributed by atoms with Gasteiger partial charge in [-0.1, -0.05) is 11.8 Å². The summed E-state index contributed by atoms with van der Waals surface area (Å²) in [5.74, 6) is -1.28. The number of aliphatic hydroxyl groups excluding tert-OH is 1. The highest BCUT2D eigenvalue weighted by Crippen LogP contribution is 2.45. The molecule has 2 heterocycles. The number of allylic oxidation sites excluding steroid dienone is 1. The van der Waals surface area contributed by atoms with Crippen LogP contribution in [0.3, 0.4) is 0 Å². The van der Waals surface area contributed by atoms with Crippen molar-refractivity contribution >= 4 is 22.7 Å². The topological polar surface area (TPSA) is 71.4 Å². The van der Waals surface area contributed by atoms with Gasteiger partial charge >= 0.3 is 0 Å². The largest absolute Gasteiger partial charge is 0.505 e. The molecule has 0 fully saturated rings. The molecule has 2 aromatic carbocycles. The highest BCUT2D eigenvalue weighted by molar-refractivity contribution is 8.14. The van der Waals surface area contributed by atoms with Crippen molar-refractivity contribution in [1.29, 1.82) is 0 Å². The number of aliphatic hydroxyl groups is 1. The fraction of sp³-hybridized carbons (Fsp3) is 0.143. The van der Waals surface area contributed by atoms with Crippen molar-refractivity contribution in [3.05, 3.63) is 88.9 Å². The quantitative estimate of drug-likeness (QED) is 0.785. The Morgan fingerprint density at radius 2 is 1.97 bits per heavy atom. The van der Waals surface area contributed by atoms with Crippen LogP contribution in [0.5, 0.6) is 5.75 Å². The van der Waals surface area contributed by atoms with Gasteiger partial charge in [0.25, 0.3) is 5.91 Å². The van der Waals surface area contributed by atoms with Gasteiger partial charge in [-0.25, -0.2) is 13.8 Å². The number of nitrogens with zero attached hydrogens (tertiary/aromatic N) is 2. The molecule has 2 aliphatic rings. The number of amides is 1. The summed E-state index contributed by atoms with van der Waals surface area (Å²) in [4.78, 5) is 13.2. The minimum Gasteiger partial charge on any atom is -0.505 e. The second-order valence-corrected chi connectivity index (χ2v) is 7.51. The maximum Gasteiger partial charge on any atom is 0.274 e. The lowest BCUT2D eigenvalue weighted by Crippen LogP contribution is -2.29. The van der Waals surface area contributed by atoms with E-state index in [1.54, 1.807) is 12.1 Å². The van der Waals surface area contributed by atoms with Crippen LogP contribution in [0.15, 0.2) is 71.2 Å². The molecular formula is C21H16F2N2O4S. The molecule has 0 spiro atoms. The van der Waals surface area contributed by atoms with Gasteiger partial charge in [0, 0.05) is 17.2 Å². The van der Waals surface area contributed by atoms with Crippen molar-refractivity contribution in [2.75, 3.05) is 13.7 Å². The van der Waals surface area contributed by atoms with Crippen LogP contribution in [-0.4, -0.2) is 34.8 Å². The van der Waals surface area contributed by atoms with Crippen LogP contribution in [-0.2, 0) is 9.53 Å². The highest BCUT2D eigenvalue weighted by atomic mass is 32.2. The van der Waals surface area contributed by atoms with Crippen LogP contribution in [0.1, 0.15) is 16.5 Å². The Bertz CT molecular complexity index is 1080. The zero-order valence-electron chi connectivity index (χ0n) is 15.7. The fourth-order valence-electron chi connectivity index (χ4n) is 3.03. The molecule has 1 atom stereocenters. The third-order valence-electron chi connectivity index (χ3n) is 4.44. The summed E-state index contributed by atoms with van der Waals surface area (Å²) >= 11 is 1.24. The molecule has 0 bridgehead atoms. The number of thioether (sulfide) groups is 1. The summed E-state index contributed by atoms with van der Waals surface area (Å²) in [7, 11) is 1.41. The average Bonchev–Trinajstić information content (AvgIpc) is 3.18. The van der Waals surface area contributed by atoms with Gasteiger partial charge in [-0.05, 0) is 42.5 Å². The minimum absolute atomic E-state index is 0.0290. The molecule has 1 unspecified atom stereocenters. The minimum atomic E-state index is -0.665. The van der Waals surface area contributed by atoms with E-state index < -0.39 is 17.1 Å². The molecule has 0 saturated carbocycles. The molecule has 2 aromatic rings. The molecule has 0 aromatic heterocycles. The standard InChI is InChI=1S/C21H16F2N2O4S/c1-28-18-9-15(23)6-7-17(18)21-25(20(27)13-8-16(26)11-29-10-13)24-19(30-21)12-2-4-14(22)5-3-12/h2-9,11,21,26H,10H2,1H3. The van der Waals surface area contributed by atoms with Gasteiger partial charge in [-0.15, -0.1) is 0 Å². The van der Waals surface area contributed by atoms with Gasteiger partial charge in [-0.3, -0.25) is 4.79 Å². The molecular weight excluding hydrogens is 414 g/mol. The first kappa shape index (κ1) is 20.0. The summed E-state index contributed by atoms with van der Waals surface area (Å²) in [6.07, 6.45) is 2.45. The van der Waals surface area contributed by atoms with E-state index in [1.807, 2.05) is 0 Å².